The number of rotatable bonds is 8. The van der Waals surface area contributed by atoms with Gasteiger partial charge in [-0.2, -0.15) is 0 Å². The molecular weight excluding hydrogens is 304 g/mol. The average molecular weight is 327 g/mol. The van der Waals surface area contributed by atoms with Gasteiger partial charge in [-0.1, -0.05) is 13.0 Å². The second-order valence-corrected chi connectivity index (χ2v) is 6.01. The molecule has 0 unspecified atom stereocenters. The van der Waals surface area contributed by atoms with Gasteiger partial charge >= 0.3 is 0 Å². The Labute approximate surface area is 124 Å². The van der Waals surface area contributed by atoms with E-state index in [1.54, 1.807) is 0 Å². The summed E-state index contributed by atoms with van der Waals surface area (Å²) in [6, 6.07) is 7.25. The van der Waals surface area contributed by atoms with Crippen molar-refractivity contribution in [2.24, 2.45) is 0 Å². The van der Waals surface area contributed by atoms with Gasteiger partial charge < -0.3 is 15.3 Å². The predicted molar refractivity (Wildman–Crippen MR) is 83.6 cm³/mol. The SMILES string of the molecule is CCCN(CCO)c1ccc(CNC2CC2)cc1Br. The van der Waals surface area contributed by atoms with Crippen molar-refractivity contribution in [3.8, 4) is 0 Å². The number of halogens is 1. The van der Waals surface area contributed by atoms with E-state index in [-0.39, 0.29) is 6.61 Å². The number of benzene rings is 1. The number of nitrogens with zero attached hydrogens (tertiary/aromatic N) is 1. The molecule has 2 rings (SSSR count). The van der Waals surface area contributed by atoms with Crippen molar-refractivity contribution in [1.82, 2.24) is 5.32 Å². The topological polar surface area (TPSA) is 35.5 Å². The van der Waals surface area contributed by atoms with Gasteiger partial charge in [0.05, 0.1) is 12.3 Å². The van der Waals surface area contributed by atoms with Crippen molar-refractivity contribution in [3.63, 3.8) is 0 Å². The molecule has 0 aliphatic heterocycles. The largest absolute Gasteiger partial charge is 0.395 e. The number of aliphatic hydroxyl groups is 1. The molecule has 0 heterocycles. The second-order valence-electron chi connectivity index (χ2n) is 5.15. The molecule has 0 radical (unpaired) electrons. The summed E-state index contributed by atoms with van der Waals surface area (Å²) < 4.78 is 1.12. The van der Waals surface area contributed by atoms with Gasteiger partial charge in [-0.15, -0.1) is 0 Å². The third-order valence-corrected chi connectivity index (χ3v) is 4.02. The summed E-state index contributed by atoms with van der Waals surface area (Å²) in [6.07, 6.45) is 3.72. The van der Waals surface area contributed by atoms with Crippen molar-refractivity contribution in [3.05, 3.63) is 28.2 Å². The maximum absolute atomic E-state index is 9.16. The first-order chi connectivity index (χ1) is 9.24. The fraction of sp³-hybridized carbons (Fsp3) is 0.600. The van der Waals surface area contributed by atoms with Gasteiger partial charge in [-0.05, 0) is 52.9 Å². The van der Waals surface area contributed by atoms with Crippen molar-refractivity contribution >= 4 is 21.6 Å². The molecule has 0 saturated heterocycles. The van der Waals surface area contributed by atoms with Crippen molar-refractivity contribution in [1.29, 1.82) is 0 Å². The summed E-state index contributed by atoms with van der Waals surface area (Å²) in [5.74, 6) is 0. The van der Waals surface area contributed by atoms with E-state index in [0.29, 0.717) is 6.54 Å². The van der Waals surface area contributed by atoms with E-state index in [2.05, 4.69) is 51.3 Å². The number of aliphatic hydroxyl groups excluding tert-OH is 1. The van der Waals surface area contributed by atoms with Gasteiger partial charge in [0.1, 0.15) is 0 Å². The molecule has 1 aliphatic rings. The third kappa shape index (κ3) is 4.48. The maximum atomic E-state index is 9.16. The Balaban J connectivity index is 2.02. The van der Waals surface area contributed by atoms with Crippen LogP contribution < -0.4 is 10.2 Å². The minimum absolute atomic E-state index is 0.192. The van der Waals surface area contributed by atoms with Gasteiger partial charge in [0, 0.05) is 30.1 Å². The van der Waals surface area contributed by atoms with Crippen LogP contribution in [0.25, 0.3) is 0 Å². The molecular formula is C15H23BrN2O. The van der Waals surface area contributed by atoms with Gasteiger partial charge in [0.15, 0.2) is 0 Å². The van der Waals surface area contributed by atoms with E-state index in [4.69, 9.17) is 5.11 Å². The quantitative estimate of drug-likeness (QED) is 0.771. The zero-order valence-corrected chi connectivity index (χ0v) is 13.1. The lowest BCUT2D eigenvalue weighted by Gasteiger charge is -2.25. The molecule has 1 aromatic rings. The Hall–Kier alpha value is -0.580. The summed E-state index contributed by atoms with van der Waals surface area (Å²) in [4.78, 5) is 2.22. The first-order valence-electron chi connectivity index (χ1n) is 7.12. The van der Waals surface area contributed by atoms with Crippen LogP contribution in [0.3, 0.4) is 0 Å². The zero-order valence-electron chi connectivity index (χ0n) is 11.5. The van der Waals surface area contributed by atoms with Crippen LogP contribution in [0, 0.1) is 0 Å². The molecule has 0 atom stereocenters. The molecule has 1 fully saturated rings. The molecule has 1 saturated carbocycles. The normalized spacial score (nSPS) is 14.7. The summed E-state index contributed by atoms with van der Waals surface area (Å²) >= 11 is 3.66. The number of anilines is 1. The Morgan fingerprint density at radius 2 is 2.16 bits per heavy atom. The zero-order chi connectivity index (χ0) is 13.7. The highest BCUT2D eigenvalue weighted by molar-refractivity contribution is 9.10. The number of nitrogens with one attached hydrogen (secondary N) is 1. The molecule has 0 amide bonds. The fourth-order valence-electron chi connectivity index (χ4n) is 2.21. The maximum Gasteiger partial charge on any atom is 0.0606 e. The molecule has 106 valence electrons. The molecule has 2 N–H and O–H groups in total. The summed E-state index contributed by atoms with van der Waals surface area (Å²) in [7, 11) is 0. The van der Waals surface area contributed by atoms with Gasteiger partial charge in [0.25, 0.3) is 0 Å². The van der Waals surface area contributed by atoms with Crippen LogP contribution in [0.2, 0.25) is 0 Å². The lowest BCUT2D eigenvalue weighted by atomic mass is 10.2. The molecule has 1 aliphatic carbocycles. The van der Waals surface area contributed by atoms with Crippen LogP contribution in [0.5, 0.6) is 0 Å². The monoisotopic (exact) mass is 326 g/mol. The van der Waals surface area contributed by atoms with E-state index in [0.717, 1.165) is 30.0 Å². The number of hydrogen-bond acceptors (Lipinski definition) is 3. The average Bonchev–Trinajstić information content (AvgIpc) is 3.20. The highest BCUT2D eigenvalue weighted by Gasteiger charge is 2.20. The van der Waals surface area contributed by atoms with Crippen molar-refractivity contribution in [2.75, 3.05) is 24.6 Å². The molecule has 4 heteroatoms. The molecule has 19 heavy (non-hydrogen) atoms. The molecule has 1 aromatic carbocycles. The summed E-state index contributed by atoms with van der Waals surface area (Å²) in [5, 5.41) is 12.7. The third-order valence-electron chi connectivity index (χ3n) is 3.39. The highest BCUT2D eigenvalue weighted by Crippen LogP contribution is 2.28. The predicted octanol–water partition coefficient (Wildman–Crippen LogP) is 2.91. The van der Waals surface area contributed by atoms with Crippen LogP contribution >= 0.6 is 15.9 Å². The van der Waals surface area contributed by atoms with E-state index >= 15 is 0 Å². The molecule has 0 bridgehead atoms. The van der Waals surface area contributed by atoms with Crippen LogP contribution in [0.4, 0.5) is 5.69 Å². The lowest BCUT2D eigenvalue weighted by Crippen LogP contribution is -2.27. The first kappa shape index (κ1) is 14.8. The van der Waals surface area contributed by atoms with Crippen molar-refractivity contribution < 1.29 is 5.11 Å². The minimum Gasteiger partial charge on any atom is -0.395 e. The summed E-state index contributed by atoms with van der Waals surface area (Å²) in [5.41, 5.74) is 2.48. The summed E-state index contributed by atoms with van der Waals surface area (Å²) in [6.45, 7) is 4.95. The minimum atomic E-state index is 0.192. The Morgan fingerprint density at radius 3 is 2.74 bits per heavy atom. The van der Waals surface area contributed by atoms with Gasteiger partial charge in [0.2, 0.25) is 0 Å². The Morgan fingerprint density at radius 1 is 1.37 bits per heavy atom. The van der Waals surface area contributed by atoms with E-state index in [1.165, 1.54) is 24.1 Å². The van der Waals surface area contributed by atoms with Crippen LogP contribution in [-0.2, 0) is 6.54 Å². The Bertz CT molecular complexity index is 401. The molecule has 0 spiro atoms. The van der Waals surface area contributed by atoms with Gasteiger partial charge in [-0.25, -0.2) is 0 Å². The second kappa shape index (κ2) is 7.27. The highest BCUT2D eigenvalue weighted by atomic mass is 79.9. The van der Waals surface area contributed by atoms with Crippen LogP contribution in [0.15, 0.2) is 22.7 Å². The van der Waals surface area contributed by atoms with Crippen molar-refractivity contribution in [2.45, 2.75) is 38.8 Å². The lowest BCUT2D eigenvalue weighted by molar-refractivity contribution is 0.302. The van der Waals surface area contributed by atoms with Crippen LogP contribution in [0.1, 0.15) is 31.7 Å². The standard InChI is InChI=1S/C15H23BrN2O/c1-2-7-18(8-9-19)15-6-3-12(10-14(15)16)11-17-13-4-5-13/h3,6,10,13,17,19H,2,4-5,7-9,11H2,1H3. The smallest absolute Gasteiger partial charge is 0.0606 e. The fourth-order valence-corrected chi connectivity index (χ4v) is 2.89. The Kier molecular flexibility index (Phi) is 5.67. The van der Waals surface area contributed by atoms with Crippen LogP contribution in [-0.4, -0.2) is 30.8 Å². The van der Waals surface area contributed by atoms with Gasteiger partial charge in [-0.3, -0.25) is 0 Å². The molecule has 3 nitrogen and oxygen atoms in total. The molecule has 0 aromatic heterocycles. The first-order valence-corrected chi connectivity index (χ1v) is 7.91. The van der Waals surface area contributed by atoms with E-state index < -0.39 is 0 Å². The number of hydrogen-bond donors (Lipinski definition) is 2. The van der Waals surface area contributed by atoms with E-state index in [1.807, 2.05) is 0 Å². The van der Waals surface area contributed by atoms with E-state index in [9.17, 15) is 0 Å².